The third-order valence-corrected chi connectivity index (χ3v) is 2.63. The van der Waals surface area contributed by atoms with E-state index in [9.17, 15) is 9.90 Å². The average molecular weight is 238 g/mol. The lowest BCUT2D eigenvalue weighted by molar-refractivity contribution is -0.138. The van der Waals surface area contributed by atoms with E-state index in [2.05, 4.69) is 0 Å². The Morgan fingerprint density at radius 1 is 1.41 bits per heavy atom. The normalized spacial score (nSPS) is 11.2. The standard InChI is InChI=1S/C13H18O4/c1-4-17-11-7-9(5-6-10(11)14)13(2,3)8-12(15)16/h5-7,14H,4,8H2,1-3H3,(H,15,16). The number of carboxylic acids is 1. The molecule has 0 fully saturated rings. The molecule has 4 nitrogen and oxygen atoms in total. The van der Waals surface area contributed by atoms with Gasteiger partial charge in [0.2, 0.25) is 0 Å². The van der Waals surface area contributed by atoms with Gasteiger partial charge in [-0.25, -0.2) is 0 Å². The highest BCUT2D eigenvalue weighted by Gasteiger charge is 2.25. The number of aliphatic carboxylic acids is 1. The first-order chi connectivity index (χ1) is 7.86. The van der Waals surface area contributed by atoms with Crippen LogP contribution in [-0.4, -0.2) is 22.8 Å². The number of carboxylic acid groups (broad SMARTS) is 1. The van der Waals surface area contributed by atoms with Gasteiger partial charge >= 0.3 is 5.97 Å². The highest BCUT2D eigenvalue weighted by molar-refractivity contribution is 5.69. The molecule has 0 atom stereocenters. The van der Waals surface area contributed by atoms with Crippen LogP contribution in [0.5, 0.6) is 11.5 Å². The smallest absolute Gasteiger partial charge is 0.304 e. The fourth-order valence-corrected chi connectivity index (χ4v) is 1.69. The molecule has 0 spiro atoms. The van der Waals surface area contributed by atoms with E-state index in [0.717, 1.165) is 5.56 Å². The molecule has 0 radical (unpaired) electrons. The van der Waals surface area contributed by atoms with E-state index in [1.165, 1.54) is 6.07 Å². The van der Waals surface area contributed by atoms with E-state index in [1.807, 2.05) is 20.8 Å². The van der Waals surface area contributed by atoms with E-state index in [0.29, 0.717) is 12.4 Å². The second kappa shape index (κ2) is 5.08. The Labute approximate surface area is 101 Å². The Balaban J connectivity index is 3.05. The van der Waals surface area contributed by atoms with Crippen LogP contribution in [0.15, 0.2) is 18.2 Å². The number of phenolic OH excluding ortho intramolecular Hbond substituents is 1. The zero-order valence-electron chi connectivity index (χ0n) is 10.4. The minimum atomic E-state index is -0.846. The summed E-state index contributed by atoms with van der Waals surface area (Å²) < 4.78 is 5.28. The van der Waals surface area contributed by atoms with Crippen molar-refractivity contribution in [2.24, 2.45) is 0 Å². The summed E-state index contributed by atoms with van der Waals surface area (Å²) >= 11 is 0. The van der Waals surface area contributed by atoms with Gasteiger partial charge in [0.15, 0.2) is 11.5 Å². The summed E-state index contributed by atoms with van der Waals surface area (Å²) in [6.07, 6.45) is 0.0311. The van der Waals surface area contributed by atoms with E-state index in [-0.39, 0.29) is 12.2 Å². The predicted octanol–water partition coefficient (Wildman–Crippen LogP) is 2.54. The molecule has 1 aromatic rings. The number of ether oxygens (including phenoxy) is 1. The van der Waals surface area contributed by atoms with Crippen molar-refractivity contribution < 1.29 is 19.7 Å². The number of aromatic hydroxyl groups is 1. The van der Waals surface area contributed by atoms with Gasteiger partial charge in [0.1, 0.15) is 0 Å². The molecule has 1 aromatic carbocycles. The first-order valence-corrected chi connectivity index (χ1v) is 5.55. The summed E-state index contributed by atoms with van der Waals surface area (Å²) in [4.78, 5) is 10.8. The Morgan fingerprint density at radius 2 is 2.06 bits per heavy atom. The summed E-state index contributed by atoms with van der Waals surface area (Å²) in [7, 11) is 0. The second-order valence-electron chi connectivity index (χ2n) is 4.57. The molecular formula is C13H18O4. The molecule has 0 heterocycles. The molecule has 0 unspecified atom stereocenters. The lowest BCUT2D eigenvalue weighted by Gasteiger charge is -2.23. The number of rotatable bonds is 5. The highest BCUT2D eigenvalue weighted by atomic mass is 16.5. The number of hydrogen-bond donors (Lipinski definition) is 2. The van der Waals surface area contributed by atoms with Gasteiger partial charge in [0.25, 0.3) is 0 Å². The van der Waals surface area contributed by atoms with Crippen LogP contribution in [0, 0.1) is 0 Å². The maximum atomic E-state index is 10.8. The molecule has 0 saturated carbocycles. The van der Waals surface area contributed by atoms with Crippen LogP contribution in [0.25, 0.3) is 0 Å². The summed E-state index contributed by atoms with van der Waals surface area (Å²) in [6.45, 7) is 5.98. The summed E-state index contributed by atoms with van der Waals surface area (Å²) in [5.41, 5.74) is 0.340. The van der Waals surface area contributed by atoms with Gasteiger partial charge in [-0.2, -0.15) is 0 Å². The van der Waals surface area contributed by atoms with Crippen molar-refractivity contribution in [2.75, 3.05) is 6.61 Å². The van der Waals surface area contributed by atoms with Crippen LogP contribution >= 0.6 is 0 Å². The molecule has 0 bridgehead atoms. The molecule has 2 N–H and O–H groups in total. The summed E-state index contributed by atoms with van der Waals surface area (Å²) in [5, 5.41) is 18.4. The second-order valence-corrected chi connectivity index (χ2v) is 4.57. The predicted molar refractivity (Wildman–Crippen MR) is 64.6 cm³/mol. The Morgan fingerprint density at radius 3 is 2.59 bits per heavy atom. The third-order valence-electron chi connectivity index (χ3n) is 2.63. The Kier molecular flexibility index (Phi) is 3.99. The molecule has 0 amide bonds. The molecule has 0 aliphatic carbocycles. The quantitative estimate of drug-likeness (QED) is 0.827. The maximum Gasteiger partial charge on any atom is 0.304 e. The van der Waals surface area contributed by atoms with Crippen molar-refractivity contribution >= 4 is 5.97 Å². The van der Waals surface area contributed by atoms with Crippen LogP contribution in [-0.2, 0) is 10.2 Å². The molecule has 17 heavy (non-hydrogen) atoms. The molecule has 0 aliphatic rings. The maximum absolute atomic E-state index is 10.8. The van der Waals surface area contributed by atoms with Crippen molar-refractivity contribution in [3.63, 3.8) is 0 Å². The van der Waals surface area contributed by atoms with Crippen molar-refractivity contribution in [3.8, 4) is 11.5 Å². The van der Waals surface area contributed by atoms with E-state index < -0.39 is 11.4 Å². The van der Waals surface area contributed by atoms with Crippen LogP contribution in [0.4, 0.5) is 0 Å². The van der Waals surface area contributed by atoms with Gasteiger partial charge < -0.3 is 14.9 Å². The van der Waals surface area contributed by atoms with Crippen molar-refractivity contribution in [2.45, 2.75) is 32.6 Å². The lowest BCUT2D eigenvalue weighted by atomic mass is 9.81. The summed E-state index contributed by atoms with van der Waals surface area (Å²) in [5.74, 6) is -0.383. The van der Waals surface area contributed by atoms with Crippen molar-refractivity contribution in [1.82, 2.24) is 0 Å². The van der Waals surface area contributed by atoms with Crippen molar-refractivity contribution in [3.05, 3.63) is 23.8 Å². The van der Waals surface area contributed by atoms with Gasteiger partial charge in [-0.05, 0) is 24.6 Å². The van der Waals surface area contributed by atoms with Crippen LogP contribution in [0.2, 0.25) is 0 Å². The zero-order chi connectivity index (χ0) is 13.1. The molecule has 4 heteroatoms. The van der Waals surface area contributed by atoms with Crippen LogP contribution in [0.1, 0.15) is 32.8 Å². The number of benzene rings is 1. The monoisotopic (exact) mass is 238 g/mol. The van der Waals surface area contributed by atoms with E-state index in [1.54, 1.807) is 12.1 Å². The van der Waals surface area contributed by atoms with Crippen LogP contribution in [0.3, 0.4) is 0 Å². The largest absolute Gasteiger partial charge is 0.504 e. The van der Waals surface area contributed by atoms with Gasteiger partial charge in [0, 0.05) is 5.41 Å². The van der Waals surface area contributed by atoms with Crippen molar-refractivity contribution in [1.29, 1.82) is 0 Å². The topological polar surface area (TPSA) is 66.8 Å². The SMILES string of the molecule is CCOc1cc(C(C)(C)CC(=O)O)ccc1O. The first-order valence-electron chi connectivity index (χ1n) is 5.55. The fraction of sp³-hybridized carbons (Fsp3) is 0.462. The number of carbonyl (C=O) groups is 1. The summed E-state index contributed by atoms with van der Waals surface area (Å²) in [6, 6.07) is 4.95. The Bertz CT molecular complexity index is 410. The average Bonchev–Trinajstić information content (AvgIpc) is 2.19. The van der Waals surface area contributed by atoms with E-state index in [4.69, 9.17) is 9.84 Å². The van der Waals surface area contributed by atoms with Gasteiger partial charge in [-0.3, -0.25) is 4.79 Å². The highest BCUT2D eigenvalue weighted by Crippen LogP contribution is 2.34. The third kappa shape index (κ3) is 3.37. The number of phenols is 1. The van der Waals surface area contributed by atoms with Gasteiger partial charge in [-0.15, -0.1) is 0 Å². The van der Waals surface area contributed by atoms with E-state index >= 15 is 0 Å². The molecule has 0 aromatic heterocycles. The lowest BCUT2D eigenvalue weighted by Crippen LogP contribution is -2.21. The molecule has 0 aliphatic heterocycles. The number of hydrogen-bond acceptors (Lipinski definition) is 3. The zero-order valence-corrected chi connectivity index (χ0v) is 10.4. The van der Waals surface area contributed by atoms with Gasteiger partial charge in [-0.1, -0.05) is 19.9 Å². The van der Waals surface area contributed by atoms with Crippen LogP contribution < -0.4 is 4.74 Å². The minimum Gasteiger partial charge on any atom is -0.504 e. The first kappa shape index (κ1) is 13.4. The molecule has 1 rings (SSSR count). The van der Waals surface area contributed by atoms with Gasteiger partial charge in [0.05, 0.1) is 13.0 Å². The Hall–Kier alpha value is -1.71. The molecule has 94 valence electrons. The fourth-order valence-electron chi connectivity index (χ4n) is 1.69. The molecule has 0 saturated heterocycles. The molecular weight excluding hydrogens is 220 g/mol. The minimum absolute atomic E-state index is 0.0311.